The van der Waals surface area contributed by atoms with Crippen LogP contribution in [0.2, 0.25) is 10.0 Å². The normalized spacial score (nSPS) is 18.1. The molecule has 0 bridgehead atoms. The molecule has 1 amide bonds. The topological polar surface area (TPSA) is 41.9 Å². The van der Waals surface area contributed by atoms with Gasteiger partial charge in [0.05, 0.1) is 18.7 Å². The summed E-state index contributed by atoms with van der Waals surface area (Å²) in [5, 5.41) is 1.29. The lowest BCUT2D eigenvalue weighted by molar-refractivity contribution is -0.132. The van der Waals surface area contributed by atoms with Crippen molar-refractivity contribution in [1.82, 2.24) is 4.90 Å². The van der Waals surface area contributed by atoms with Crippen molar-refractivity contribution in [2.45, 2.75) is 25.9 Å². The van der Waals surface area contributed by atoms with Crippen molar-refractivity contribution in [2.75, 3.05) is 7.11 Å². The molecule has 0 fully saturated rings. The van der Waals surface area contributed by atoms with E-state index in [-0.39, 0.29) is 23.9 Å². The number of halogens is 2. The number of carbonyl (C=O) groups excluding carboxylic acids is 1. The molecule has 6 heteroatoms. The fourth-order valence-corrected chi connectivity index (χ4v) is 4.25. The van der Waals surface area contributed by atoms with Gasteiger partial charge in [0.2, 0.25) is 5.91 Å². The van der Waals surface area contributed by atoms with E-state index >= 15 is 0 Å². The summed E-state index contributed by atoms with van der Waals surface area (Å²) in [4.78, 5) is 20.5. The molecule has 164 valence electrons. The summed E-state index contributed by atoms with van der Waals surface area (Å²) in [6.07, 6.45) is 0. The Bertz CT molecular complexity index is 1140. The smallest absolute Gasteiger partial charge is 0.231 e. The molecule has 4 nitrogen and oxygen atoms in total. The van der Waals surface area contributed by atoms with E-state index in [1.807, 2.05) is 91.5 Å². The molecule has 1 aliphatic heterocycles. The van der Waals surface area contributed by atoms with Gasteiger partial charge in [-0.2, -0.15) is 0 Å². The summed E-state index contributed by atoms with van der Waals surface area (Å²) in [5.41, 5.74) is 2.71. The van der Waals surface area contributed by atoms with E-state index in [1.54, 1.807) is 7.11 Å². The van der Waals surface area contributed by atoms with E-state index in [2.05, 4.69) is 0 Å². The van der Waals surface area contributed by atoms with Gasteiger partial charge in [-0.1, -0.05) is 73.4 Å². The van der Waals surface area contributed by atoms with Crippen molar-refractivity contribution in [3.63, 3.8) is 0 Å². The van der Waals surface area contributed by atoms with Crippen LogP contribution in [0.4, 0.5) is 0 Å². The van der Waals surface area contributed by atoms with Crippen LogP contribution in [-0.4, -0.2) is 23.8 Å². The minimum Gasteiger partial charge on any atom is -0.496 e. The van der Waals surface area contributed by atoms with Crippen LogP contribution in [0.25, 0.3) is 0 Å². The molecule has 0 spiro atoms. The Morgan fingerprint density at radius 2 is 1.47 bits per heavy atom. The minimum absolute atomic E-state index is 0.00827. The lowest BCUT2D eigenvalue weighted by Crippen LogP contribution is -2.40. The largest absolute Gasteiger partial charge is 0.496 e. The molecule has 0 saturated carbocycles. The van der Waals surface area contributed by atoms with Crippen LogP contribution >= 0.6 is 23.2 Å². The molecule has 1 heterocycles. The van der Waals surface area contributed by atoms with Gasteiger partial charge in [0.1, 0.15) is 17.6 Å². The molecule has 0 N–H and O–H groups in total. The number of amides is 1. The first-order valence-electron chi connectivity index (χ1n) is 10.5. The predicted molar refractivity (Wildman–Crippen MR) is 130 cm³/mol. The molecule has 0 aliphatic carbocycles. The fourth-order valence-electron chi connectivity index (χ4n) is 3.99. The van der Waals surface area contributed by atoms with E-state index in [0.29, 0.717) is 21.6 Å². The number of ether oxygens (including phenoxy) is 1. The van der Waals surface area contributed by atoms with Crippen molar-refractivity contribution in [1.29, 1.82) is 0 Å². The Hall–Kier alpha value is -2.82. The Balaban J connectivity index is 1.94. The zero-order valence-corrected chi connectivity index (χ0v) is 19.6. The molecule has 0 unspecified atom stereocenters. The summed E-state index contributed by atoms with van der Waals surface area (Å²) in [6, 6.07) is 22.2. The molecule has 1 aliphatic rings. The molecule has 32 heavy (non-hydrogen) atoms. The third kappa shape index (κ3) is 4.25. The van der Waals surface area contributed by atoms with Crippen molar-refractivity contribution in [3.05, 3.63) is 99.5 Å². The summed E-state index contributed by atoms with van der Waals surface area (Å²) in [6.45, 7) is 3.80. The van der Waals surface area contributed by atoms with E-state index in [0.717, 1.165) is 16.7 Å². The highest BCUT2D eigenvalue weighted by Gasteiger charge is 2.43. The van der Waals surface area contributed by atoms with Crippen LogP contribution in [0.15, 0.2) is 77.8 Å². The summed E-state index contributed by atoms with van der Waals surface area (Å²) in [5.74, 6) is 1.04. The average molecular weight is 467 g/mol. The Morgan fingerprint density at radius 1 is 0.906 bits per heavy atom. The van der Waals surface area contributed by atoms with Crippen LogP contribution < -0.4 is 4.74 Å². The molecule has 3 aromatic rings. The number of rotatable bonds is 5. The van der Waals surface area contributed by atoms with Crippen molar-refractivity contribution in [2.24, 2.45) is 10.9 Å². The predicted octanol–water partition coefficient (Wildman–Crippen LogP) is 6.73. The molecule has 0 radical (unpaired) electrons. The van der Waals surface area contributed by atoms with Crippen LogP contribution in [0.1, 0.15) is 42.6 Å². The van der Waals surface area contributed by atoms with E-state index in [4.69, 9.17) is 32.9 Å². The maximum atomic E-state index is 13.6. The third-order valence-corrected chi connectivity index (χ3v) is 6.07. The van der Waals surface area contributed by atoms with Crippen LogP contribution in [0, 0.1) is 5.92 Å². The first-order valence-corrected chi connectivity index (χ1v) is 11.2. The number of para-hydroxylation sites is 1. The van der Waals surface area contributed by atoms with Gasteiger partial charge >= 0.3 is 0 Å². The molecule has 0 saturated heterocycles. The molecular weight excluding hydrogens is 443 g/mol. The highest BCUT2D eigenvalue weighted by molar-refractivity contribution is 6.30. The Morgan fingerprint density at radius 3 is 2.03 bits per heavy atom. The molecule has 0 aromatic heterocycles. The first kappa shape index (κ1) is 22.4. The number of hydrogen-bond acceptors (Lipinski definition) is 3. The second-order valence-electron chi connectivity index (χ2n) is 8.01. The van der Waals surface area contributed by atoms with Crippen LogP contribution in [0.3, 0.4) is 0 Å². The van der Waals surface area contributed by atoms with Crippen LogP contribution in [0.5, 0.6) is 5.75 Å². The Labute approximate surface area is 198 Å². The number of amidine groups is 1. The second-order valence-corrected chi connectivity index (χ2v) is 8.88. The maximum Gasteiger partial charge on any atom is 0.231 e. The highest BCUT2D eigenvalue weighted by Crippen LogP contribution is 2.45. The van der Waals surface area contributed by atoms with Crippen molar-refractivity contribution >= 4 is 34.9 Å². The second kappa shape index (κ2) is 9.35. The van der Waals surface area contributed by atoms with Gasteiger partial charge in [-0.3, -0.25) is 14.7 Å². The highest BCUT2D eigenvalue weighted by atomic mass is 35.5. The molecule has 3 aromatic carbocycles. The average Bonchev–Trinajstić information content (AvgIpc) is 3.19. The zero-order valence-electron chi connectivity index (χ0n) is 18.1. The monoisotopic (exact) mass is 466 g/mol. The van der Waals surface area contributed by atoms with Crippen molar-refractivity contribution < 1.29 is 9.53 Å². The summed E-state index contributed by atoms with van der Waals surface area (Å²) >= 11 is 12.3. The summed E-state index contributed by atoms with van der Waals surface area (Å²) in [7, 11) is 1.62. The van der Waals surface area contributed by atoms with Gasteiger partial charge in [0.15, 0.2) is 0 Å². The van der Waals surface area contributed by atoms with E-state index < -0.39 is 0 Å². The number of carbonyl (C=O) groups is 1. The minimum atomic E-state index is -0.330. The number of methoxy groups -OCH3 is 1. The van der Waals surface area contributed by atoms with Gasteiger partial charge in [-0.15, -0.1) is 0 Å². The molecule has 2 atom stereocenters. The quantitative estimate of drug-likeness (QED) is 0.418. The number of aliphatic imine (C=N–C) groups is 1. The Kier molecular flexibility index (Phi) is 6.54. The van der Waals surface area contributed by atoms with Crippen LogP contribution in [-0.2, 0) is 4.79 Å². The lowest BCUT2D eigenvalue weighted by Gasteiger charge is -2.31. The summed E-state index contributed by atoms with van der Waals surface area (Å²) < 4.78 is 5.61. The van der Waals surface area contributed by atoms with E-state index in [9.17, 15) is 4.79 Å². The van der Waals surface area contributed by atoms with Crippen molar-refractivity contribution in [3.8, 4) is 5.75 Å². The van der Waals surface area contributed by atoms with Gasteiger partial charge in [0, 0.05) is 16.0 Å². The zero-order chi connectivity index (χ0) is 22.8. The SMILES string of the molecule is COc1ccccc1C1=N[C@H](c2ccc(Cl)cc2)[C@H](c2ccc(Cl)cc2)N1C(=O)C(C)C. The van der Waals surface area contributed by atoms with Gasteiger partial charge in [0.25, 0.3) is 0 Å². The molecule has 4 rings (SSSR count). The lowest BCUT2D eigenvalue weighted by atomic mass is 9.93. The number of nitrogens with zero attached hydrogens (tertiary/aromatic N) is 2. The van der Waals surface area contributed by atoms with Gasteiger partial charge < -0.3 is 4.74 Å². The third-order valence-electron chi connectivity index (χ3n) is 5.57. The maximum absolute atomic E-state index is 13.6. The van der Waals surface area contributed by atoms with E-state index in [1.165, 1.54) is 0 Å². The van der Waals surface area contributed by atoms with Gasteiger partial charge in [-0.05, 0) is 47.5 Å². The standard InChI is InChI=1S/C26H24Cl2N2O2/c1-16(2)26(31)30-24(18-10-14-20(28)15-11-18)23(17-8-12-19(27)13-9-17)29-25(30)21-6-4-5-7-22(21)32-3/h4-16,23-24H,1-3H3/t23-,24+/m1/s1. The van der Waals surface area contributed by atoms with Gasteiger partial charge in [-0.25, -0.2) is 0 Å². The molecular formula is C26H24Cl2N2O2. The fraction of sp³-hybridized carbons (Fsp3) is 0.231. The first-order chi connectivity index (χ1) is 15.4. The number of benzene rings is 3. The number of hydrogen-bond donors (Lipinski definition) is 0.